The average Bonchev–Trinajstić information content (AvgIpc) is 3.27. The second kappa shape index (κ2) is 10.3. The number of nitrogens with zero attached hydrogens (tertiary/aromatic N) is 1. The smallest absolute Gasteiger partial charge is 0.416 e. The molecule has 0 spiro atoms. The van der Waals surface area contributed by atoms with Crippen LogP contribution in [0.2, 0.25) is 5.02 Å². The van der Waals surface area contributed by atoms with Crippen LogP contribution in [0.5, 0.6) is 0 Å². The van der Waals surface area contributed by atoms with E-state index in [0.717, 1.165) is 27.8 Å². The maximum Gasteiger partial charge on any atom is 0.416 e. The van der Waals surface area contributed by atoms with Crippen molar-refractivity contribution in [2.75, 3.05) is 10.8 Å². The van der Waals surface area contributed by atoms with Crippen molar-refractivity contribution in [3.63, 3.8) is 0 Å². The van der Waals surface area contributed by atoms with E-state index in [4.69, 9.17) is 16.7 Å². The lowest BCUT2D eigenvalue weighted by Gasteiger charge is -2.26. The summed E-state index contributed by atoms with van der Waals surface area (Å²) in [5, 5.41) is 13.2. The number of sulfonamides is 1. The highest BCUT2D eigenvalue weighted by Crippen LogP contribution is 2.33. The van der Waals surface area contributed by atoms with Crippen LogP contribution in [0.15, 0.2) is 58.8 Å². The molecule has 3 aromatic rings. The summed E-state index contributed by atoms with van der Waals surface area (Å²) < 4.78 is 66.3. The third kappa shape index (κ3) is 6.13. The molecule has 3 rings (SSSR count). The molecule has 0 aliphatic rings. The van der Waals surface area contributed by atoms with Crippen molar-refractivity contribution in [1.29, 1.82) is 0 Å². The summed E-state index contributed by atoms with van der Waals surface area (Å²) >= 11 is 7.25. The minimum Gasteiger partial charge on any atom is -0.478 e. The molecule has 186 valence electrons. The van der Waals surface area contributed by atoms with Gasteiger partial charge in [0.15, 0.2) is 0 Å². The first kappa shape index (κ1) is 26.5. The number of thiophene rings is 1. The zero-order valence-corrected chi connectivity index (χ0v) is 20.4. The van der Waals surface area contributed by atoms with Gasteiger partial charge >= 0.3 is 12.1 Å². The molecule has 1 amide bonds. The van der Waals surface area contributed by atoms with Gasteiger partial charge < -0.3 is 10.4 Å². The normalized spacial score (nSPS) is 11.8. The van der Waals surface area contributed by atoms with Crippen LogP contribution in [0, 0.1) is 6.92 Å². The van der Waals surface area contributed by atoms with Gasteiger partial charge in [-0.15, -0.1) is 11.3 Å². The molecule has 35 heavy (non-hydrogen) atoms. The SMILES string of the molecule is Cc1c(Cl)cccc1N(CC(=O)NCc1cc(C(=O)O)cs1)S(=O)(=O)c1ccc(C(F)(F)F)cc1. The lowest BCUT2D eigenvalue weighted by molar-refractivity contribution is -0.137. The summed E-state index contributed by atoms with van der Waals surface area (Å²) in [6, 6.07) is 8.75. The van der Waals surface area contributed by atoms with Crippen LogP contribution in [0.4, 0.5) is 18.9 Å². The molecule has 0 saturated carbocycles. The van der Waals surface area contributed by atoms with Crippen molar-refractivity contribution in [2.24, 2.45) is 0 Å². The van der Waals surface area contributed by atoms with E-state index in [0.29, 0.717) is 22.6 Å². The molecule has 13 heteroatoms. The van der Waals surface area contributed by atoms with Crippen molar-refractivity contribution >= 4 is 50.5 Å². The summed E-state index contributed by atoms with van der Waals surface area (Å²) in [7, 11) is -4.47. The monoisotopic (exact) mass is 546 g/mol. The number of alkyl halides is 3. The van der Waals surface area contributed by atoms with Gasteiger partial charge in [-0.05, 0) is 55.0 Å². The second-order valence-electron chi connectivity index (χ2n) is 7.30. The fraction of sp³-hybridized carbons (Fsp3) is 0.182. The minimum atomic E-state index is -4.65. The zero-order valence-electron chi connectivity index (χ0n) is 18.0. The number of anilines is 1. The number of carboxylic acid groups (broad SMARTS) is 1. The Kier molecular flexibility index (Phi) is 7.77. The number of benzene rings is 2. The van der Waals surface area contributed by atoms with E-state index in [1.165, 1.54) is 29.6 Å². The number of aromatic carboxylic acids is 1. The van der Waals surface area contributed by atoms with Gasteiger partial charge in [-0.25, -0.2) is 13.2 Å². The predicted molar refractivity (Wildman–Crippen MR) is 125 cm³/mol. The van der Waals surface area contributed by atoms with Crippen LogP contribution in [0.25, 0.3) is 0 Å². The Morgan fingerprint density at radius 3 is 2.37 bits per heavy atom. The third-order valence-electron chi connectivity index (χ3n) is 4.93. The zero-order chi connectivity index (χ0) is 26.0. The quantitative estimate of drug-likeness (QED) is 0.416. The lowest BCUT2D eigenvalue weighted by atomic mass is 10.2. The van der Waals surface area contributed by atoms with Gasteiger partial charge in [0.1, 0.15) is 6.54 Å². The van der Waals surface area contributed by atoms with Gasteiger partial charge in [-0.3, -0.25) is 9.10 Å². The van der Waals surface area contributed by atoms with E-state index in [9.17, 15) is 31.2 Å². The molecule has 0 unspecified atom stereocenters. The summed E-state index contributed by atoms with van der Waals surface area (Å²) in [5.41, 5.74) is -0.532. The highest BCUT2D eigenvalue weighted by atomic mass is 35.5. The molecular weight excluding hydrogens is 529 g/mol. The fourth-order valence-electron chi connectivity index (χ4n) is 3.07. The Balaban J connectivity index is 1.91. The molecule has 0 saturated heterocycles. The predicted octanol–water partition coefficient (Wildman–Crippen LogP) is 4.94. The molecule has 7 nitrogen and oxygen atoms in total. The van der Waals surface area contributed by atoms with Gasteiger partial charge in [0.05, 0.1) is 28.3 Å². The standard InChI is InChI=1S/C22H18ClF3N2O5S2/c1-13-18(23)3-2-4-19(13)28(11-20(29)27-10-16-9-14(12-34-16)21(30)31)35(32,33)17-7-5-15(6-8-17)22(24,25)26/h2-9,12H,10-11H2,1H3,(H,27,29)(H,30,31). The van der Waals surface area contributed by atoms with Crippen molar-refractivity contribution in [2.45, 2.75) is 24.5 Å². The van der Waals surface area contributed by atoms with Crippen LogP contribution in [-0.2, 0) is 27.5 Å². The van der Waals surface area contributed by atoms with Gasteiger partial charge in [0.2, 0.25) is 5.91 Å². The van der Waals surface area contributed by atoms with E-state index >= 15 is 0 Å². The van der Waals surface area contributed by atoms with E-state index in [1.807, 2.05) is 0 Å². The first-order valence-corrected chi connectivity index (χ1v) is 12.5. The molecule has 0 bridgehead atoms. The summed E-state index contributed by atoms with van der Waals surface area (Å²) in [6.45, 7) is 0.811. The third-order valence-corrected chi connectivity index (χ3v) is 8.05. The number of carbonyl (C=O) groups is 2. The van der Waals surface area contributed by atoms with Crippen molar-refractivity contribution in [3.8, 4) is 0 Å². The Labute approximate surface area is 207 Å². The number of hydrogen-bond acceptors (Lipinski definition) is 5. The molecule has 1 aromatic heterocycles. The fourth-order valence-corrected chi connectivity index (χ4v) is 5.51. The van der Waals surface area contributed by atoms with Crippen LogP contribution in [-0.4, -0.2) is 31.9 Å². The van der Waals surface area contributed by atoms with Gasteiger partial charge in [0, 0.05) is 15.3 Å². The number of rotatable bonds is 8. The molecule has 2 N–H and O–H groups in total. The number of nitrogens with one attached hydrogen (secondary N) is 1. The second-order valence-corrected chi connectivity index (χ2v) is 10.6. The maximum atomic E-state index is 13.4. The van der Waals surface area contributed by atoms with E-state index in [2.05, 4.69) is 5.32 Å². The molecule has 1 heterocycles. The Morgan fingerprint density at radius 1 is 1.14 bits per heavy atom. The summed E-state index contributed by atoms with van der Waals surface area (Å²) in [4.78, 5) is 23.8. The van der Waals surface area contributed by atoms with E-state index in [1.54, 1.807) is 6.92 Å². The highest BCUT2D eigenvalue weighted by Gasteiger charge is 2.33. The molecule has 0 aliphatic heterocycles. The number of carboxylic acids is 1. The highest BCUT2D eigenvalue weighted by molar-refractivity contribution is 7.92. The Bertz CT molecular complexity index is 1360. The van der Waals surface area contributed by atoms with E-state index < -0.39 is 45.1 Å². The summed E-state index contributed by atoms with van der Waals surface area (Å²) in [5.74, 6) is -1.84. The molecule has 0 aliphatic carbocycles. The summed E-state index contributed by atoms with van der Waals surface area (Å²) in [6.07, 6.45) is -4.65. The maximum absolute atomic E-state index is 13.4. The Hall–Kier alpha value is -3.09. The van der Waals surface area contributed by atoms with Crippen LogP contribution < -0.4 is 9.62 Å². The van der Waals surface area contributed by atoms with Crippen molar-refractivity contribution in [1.82, 2.24) is 5.32 Å². The van der Waals surface area contributed by atoms with E-state index in [-0.39, 0.29) is 22.8 Å². The first-order chi connectivity index (χ1) is 16.3. The first-order valence-electron chi connectivity index (χ1n) is 9.83. The molecule has 2 aromatic carbocycles. The van der Waals surface area contributed by atoms with Crippen LogP contribution in [0.3, 0.4) is 0 Å². The lowest BCUT2D eigenvalue weighted by Crippen LogP contribution is -2.41. The minimum absolute atomic E-state index is 0.0422. The molecular formula is C22H18ClF3N2O5S2. The molecule has 0 radical (unpaired) electrons. The molecule has 0 fully saturated rings. The van der Waals surface area contributed by atoms with Crippen LogP contribution >= 0.6 is 22.9 Å². The number of hydrogen-bond donors (Lipinski definition) is 2. The number of carbonyl (C=O) groups excluding carboxylic acids is 1. The van der Waals surface area contributed by atoms with Crippen LogP contribution in [0.1, 0.15) is 26.4 Å². The van der Waals surface area contributed by atoms with Crippen molar-refractivity contribution in [3.05, 3.63) is 80.5 Å². The largest absolute Gasteiger partial charge is 0.478 e. The van der Waals surface area contributed by atoms with Gasteiger partial charge in [-0.2, -0.15) is 13.2 Å². The average molecular weight is 547 g/mol. The number of halogens is 4. The van der Waals surface area contributed by atoms with Gasteiger partial charge in [0.25, 0.3) is 10.0 Å². The Morgan fingerprint density at radius 2 is 1.80 bits per heavy atom. The topological polar surface area (TPSA) is 104 Å². The molecule has 0 atom stereocenters. The van der Waals surface area contributed by atoms with Gasteiger partial charge in [-0.1, -0.05) is 17.7 Å². The number of amides is 1. The van der Waals surface area contributed by atoms with Crippen molar-refractivity contribution < 1.29 is 36.3 Å².